The van der Waals surface area contributed by atoms with Gasteiger partial charge in [-0.15, -0.1) is 0 Å². The molecular weight excluding hydrogens is 264 g/mol. The Morgan fingerprint density at radius 2 is 2.00 bits per heavy atom. The Bertz CT molecular complexity index is 556. The van der Waals surface area contributed by atoms with Crippen LogP contribution in [0.2, 0.25) is 0 Å². The maximum absolute atomic E-state index is 12.6. The third-order valence-corrected chi connectivity index (χ3v) is 5.14. The van der Waals surface area contributed by atoms with Crippen LogP contribution in [0.25, 0.3) is 0 Å². The summed E-state index contributed by atoms with van der Waals surface area (Å²) in [6.07, 6.45) is 3.82. The minimum Gasteiger partial charge on any atom is -0.373 e. The minimum absolute atomic E-state index is 0.0129. The van der Waals surface area contributed by atoms with Crippen LogP contribution in [-0.4, -0.2) is 35.1 Å². The number of nitrogens with one attached hydrogen (secondary N) is 1. The van der Waals surface area contributed by atoms with Crippen LogP contribution in [0.3, 0.4) is 0 Å². The molecule has 1 aromatic carbocycles. The highest BCUT2D eigenvalue weighted by Crippen LogP contribution is 2.41. The number of amides is 1. The molecule has 1 aromatic rings. The van der Waals surface area contributed by atoms with Crippen LogP contribution in [0.1, 0.15) is 43.5 Å². The average molecular weight is 286 g/mol. The molecule has 1 amide bonds. The number of benzene rings is 1. The molecule has 1 N–H and O–H groups in total. The minimum atomic E-state index is -0.115. The first-order chi connectivity index (χ1) is 10.1. The summed E-state index contributed by atoms with van der Waals surface area (Å²) in [4.78, 5) is 14.7. The Hall–Kier alpha value is -1.39. The highest BCUT2D eigenvalue weighted by Gasteiger charge is 2.50. The maximum Gasteiger partial charge on any atom is 0.241 e. The second-order valence-electron chi connectivity index (χ2n) is 6.62. The fourth-order valence-corrected chi connectivity index (χ4v) is 4.00. The number of ether oxygens (including phenoxy) is 1. The van der Waals surface area contributed by atoms with Gasteiger partial charge in [0.05, 0.1) is 24.3 Å². The second kappa shape index (κ2) is 4.82. The first-order valence-electron chi connectivity index (χ1n) is 7.94. The van der Waals surface area contributed by atoms with E-state index in [4.69, 9.17) is 4.74 Å². The van der Waals surface area contributed by atoms with E-state index in [1.54, 1.807) is 0 Å². The molecule has 3 aliphatic rings. The zero-order chi connectivity index (χ0) is 14.6. The van der Waals surface area contributed by atoms with Gasteiger partial charge in [-0.1, -0.05) is 29.8 Å². The van der Waals surface area contributed by atoms with Gasteiger partial charge in [-0.25, -0.2) is 0 Å². The molecule has 0 spiro atoms. The summed E-state index contributed by atoms with van der Waals surface area (Å²) >= 11 is 0. The summed E-state index contributed by atoms with van der Waals surface area (Å²) in [5.41, 5.74) is 2.41. The smallest absolute Gasteiger partial charge is 0.241 e. The highest BCUT2D eigenvalue weighted by atomic mass is 16.5. The maximum atomic E-state index is 12.6. The van der Waals surface area contributed by atoms with Crippen LogP contribution in [-0.2, 0) is 9.53 Å². The predicted molar refractivity (Wildman–Crippen MR) is 79.7 cm³/mol. The van der Waals surface area contributed by atoms with Gasteiger partial charge in [0.25, 0.3) is 0 Å². The Kier molecular flexibility index (Phi) is 3.05. The van der Waals surface area contributed by atoms with Crippen LogP contribution in [0.5, 0.6) is 0 Å². The van der Waals surface area contributed by atoms with Crippen molar-refractivity contribution in [2.24, 2.45) is 0 Å². The molecule has 5 atom stereocenters. The van der Waals surface area contributed by atoms with Crippen molar-refractivity contribution in [2.75, 3.05) is 0 Å². The van der Waals surface area contributed by atoms with Crippen molar-refractivity contribution < 1.29 is 9.53 Å². The van der Waals surface area contributed by atoms with Crippen molar-refractivity contribution in [2.45, 2.75) is 63.6 Å². The zero-order valence-corrected chi connectivity index (χ0v) is 12.6. The molecule has 0 aliphatic carbocycles. The van der Waals surface area contributed by atoms with E-state index in [0.717, 1.165) is 19.3 Å². The van der Waals surface area contributed by atoms with Gasteiger partial charge < -0.3 is 9.64 Å². The number of aryl methyl sites for hydroxylation is 1. The van der Waals surface area contributed by atoms with Gasteiger partial charge >= 0.3 is 0 Å². The van der Waals surface area contributed by atoms with E-state index in [-0.39, 0.29) is 30.3 Å². The lowest BCUT2D eigenvalue weighted by Crippen LogP contribution is -2.45. The molecule has 0 radical (unpaired) electrons. The fraction of sp³-hybridized carbons (Fsp3) is 0.588. The van der Waals surface area contributed by atoms with Crippen LogP contribution in [0, 0.1) is 6.92 Å². The second-order valence-corrected chi connectivity index (χ2v) is 6.62. The molecular formula is C17H22N2O2. The zero-order valence-electron chi connectivity index (χ0n) is 12.6. The molecule has 0 saturated carbocycles. The number of nitrogens with zero attached hydrogens (tertiary/aromatic N) is 1. The summed E-state index contributed by atoms with van der Waals surface area (Å²) in [7, 11) is 0. The normalized spacial score (nSPS) is 38.5. The number of hydrogen-bond donors (Lipinski definition) is 1. The Balaban J connectivity index is 1.65. The lowest BCUT2D eigenvalue weighted by atomic mass is 9.93. The highest BCUT2D eigenvalue weighted by molar-refractivity contribution is 5.84. The van der Waals surface area contributed by atoms with Gasteiger partial charge in [-0.05, 0) is 38.7 Å². The Morgan fingerprint density at radius 1 is 1.24 bits per heavy atom. The number of rotatable bonds is 2. The summed E-state index contributed by atoms with van der Waals surface area (Å²) in [5.74, 6) is 0.210. The summed E-state index contributed by atoms with van der Waals surface area (Å²) in [5, 5.41) is 3.45. The molecule has 4 nitrogen and oxygen atoms in total. The lowest BCUT2D eigenvalue weighted by Gasteiger charge is -2.34. The van der Waals surface area contributed by atoms with Crippen LogP contribution >= 0.6 is 0 Å². The quantitative estimate of drug-likeness (QED) is 0.905. The van der Waals surface area contributed by atoms with Gasteiger partial charge in [0, 0.05) is 0 Å². The van der Waals surface area contributed by atoms with E-state index in [1.807, 2.05) is 6.92 Å². The van der Waals surface area contributed by atoms with Crippen molar-refractivity contribution in [3.05, 3.63) is 35.4 Å². The topological polar surface area (TPSA) is 41.6 Å². The first-order valence-corrected chi connectivity index (χ1v) is 7.94. The third-order valence-electron chi connectivity index (χ3n) is 5.14. The monoisotopic (exact) mass is 286 g/mol. The fourth-order valence-electron chi connectivity index (χ4n) is 4.00. The average Bonchev–Trinajstić information content (AvgIpc) is 3.16. The molecule has 3 saturated heterocycles. The molecule has 5 unspecified atom stereocenters. The summed E-state index contributed by atoms with van der Waals surface area (Å²) in [6.45, 7) is 4.04. The van der Waals surface area contributed by atoms with Crippen LogP contribution in [0.4, 0.5) is 0 Å². The van der Waals surface area contributed by atoms with Crippen molar-refractivity contribution >= 4 is 5.91 Å². The third kappa shape index (κ3) is 2.09. The summed E-state index contributed by atoms with van der Waals surface area (Å²) < 4.78 is 5.96. The van der Waals surface area contributed by atoms with E-state index in [9.17, 15) is 4.79 Å². The number of hydrogen-bond acceptors (Lipinski definition) is 3. The van der Waals surface area contributed by atoms with Crippen molar-refractivity contribution in [3.8, 4) is 0 Å². The largest absolute Gasteiger partial charge is 0.373 e. The predicted octanol–water partition coefficient (Wildman–Crippen LogP) is 2.13. The number of carbonyl (C=O) groups excluding carboxylic acids is 1. The molecule has 3 aliphatic heterocycles. The van der Waals surface area contributed by atoms with E-state index < -0.39 is 0 Å². The molecule has 3 heterocycles. The van der Waals surface area contributed by atoms with E-state index in [1.165, 1.54) is 11.1 Å². The van der Waals surface area contributed by atoms with Crippen molar-refractivity contribution in [3.63, 3.8) is 0 Å². The molecule has 2 bridgehead atoms. The van der Waals surface area contributed by atoms with Crippen molar-refractivity contribution in [1.29, 1.82) is 0 Å². The van der Waals surface area contributed by atoms with E-state index >= 15 is 0 Å². The van der Waals surface area contributed by atoms with Gasteiger partial charge in [0.2, 0.25) is 5.91 Å². The van der Waals surface area contributed by atoms with Gasteiger partial charge in [0.15, 0.2) is 0 Å². The number of fused-ring (bicyclic) bond motifs is 2. The van der Waals surface area contributed by atoms with Gasteiger partial charge in [-0.3, -0.25) is 10.1 Å². The summed E-state index contributed by atoms with van der Waals surface area (Å²) in [6, 6.07) is 8.59. The molecule has 0 aromatic heterocycles. The van der Waals surface area contributed by atoms with Crippen LogP contribution < -0.4 is 5.32 Å². The first kappa shape index (κ1) is 13.3. The molecule has 3 fully saturated rings. The van der Waals surface area contributed by atoms with Gasteiger partial charge in [-0.2, -0.15) is 0 Å². The molecule has 21 heavy (non-hydrogen) atoms. The molecule has 4 rings (SSSR count). The number of carbonyl (C=O) groups is 1. The van der Waals surface area contributed by atoms with Crippen LogP contribution in [0.15, 0.2) is 24.3 Å². The Morgan fingerprint density at radius 3 is 2.62 bits per heavy atom. The lowest BCUT2D eigenvalue weighted by molar-refractivity contribution is -0.133. The van der Waals surface area contributed by atoms with Crippen molar-refractivity contribution in [1.82, 2.24) is 10.2 Å². The van der Waals surface area contributed by atoms with E-state index in [0.29, 0.717) is 6.10 Å². The van der Waals surface area contributed by atoms with E-state index in [2.05, 4.69) is 41.4 Å². The van der Waals surface area contributed by atoms with Gasteiger partial charge in [0.1, 0.15) is 6.17 Å². The Labute approximate surface area is 125 Å². The molecule has 112 valence electrons. The standard InChI is InChI=1S/C17H22N2O2/c1-10-3-5-12(6-4-10)16-18-11(2)17(20)19(16)14-9-13-7-8-15(14)21-13/h3-6,11,13-16,18H,7-9H2,1-2H3. The molecule has 4 heteroatoms. The SMILES string of the molecule is Cc1ccc(C2NC(C)C(=O)N2C2CC3CCC2O3)cc1.